The largest absolute Gasteiger partial charge is 0.368 e. The van der Waals surface area contributed by atoms with Gasteiger partial charge in [-0.1, -0.05) is 18.5 Å². The maximum absolute atomic E-state index is 11.0. The van der Waals surface area contributed by atoms with E-state index in [0.29, 0.717) is 24.1 Å². The average molecular weight is 348 g/mol. The van der Waals surface area contributed by atoms with E-state index in [0.717, 1.165) is 0 Å². The maximum Gasteiger partial charge on any atom is 0.351 e. The molecule has 9 nitrogen and oxygen atoms in total. The zero-order valence-electron chi connectivity index (χ0n) is 11.7. The van der Waals surface area contributed by atoms with E-state index in [1.165, 1.54) is 6.33 Å². The van der Waals surface area contributed by atoms with Crippen LogP contribution in [0.15, 0.2) is 6.33 Å². The van der Waals surface area contributed by atoms with Crippen molar-refractivity contribution in [1.82, 2.24) is 19.5 Å². The topological polar surface area (TPSA) is 136 Å². The minimum absolute atomic E-state index is 0.0354. The molecule has 2 unspecified atom stereocenters. The molecule has 2 aromatic heterocycles. The van der Waals surface area contributed by atoms with Gasteiger partial charge in [0.05, 0.1) is 18.5 Å². The van der Waals surface area contributed by atoms with E-state index in [1.54, 1.807) is 4.57 Å². The maximum atomic E-state index is 11.0. The van der Waals surface area contributed by atoms with Gasteiger partial charge < -0.3 is 24.8 Å². The Morgan fingerprint density at radius 3 is 2.86 bits per heavy atom. The van der Waals surface area contributed by atoms with Crippen LogP contribution in [0.4, 0.5) is 5.95 Å². The first-order valence-corrected chi connectivity index (χ1v) is 8.70. The SMILES string of the molecule is CC1CC1(Cn1cnc2c(Cl)nc(N)nc21)OCP(=O)(O)O. The second kappa shape index (κ2) is 5.14. The fourth-order valence-corrected chi connectivity index (χ4v) is 3.11. The highest BCUT2D eigenvalue weighted by atomic mass is 35.5. The van der Waals surface area contributed by atoms with Gasteiger partial charge >= 0.3 is 7.60 Å². The molecule has 0 aliphatic heterocycles. The number of halogens is 1. The Hall–Kier alpha value is -1.25. The molecule has 2 aromatic rings. The fraction of sp³-hybridized carbons (Fsp3) is 0.545. The van der Waals surface area contributed by atoms with Crippen LogP contribution in [0.5, 0.6) is 0 Å². The van der Waals surface area contributed by atoms with Gasteiger partial charge in [0.1, 0.15) is 11.9 Å². The Balaban J connectivity index is 1.87. The third-order valence-corrected chi connectivity index (χ3v) is 4.52. The minimum Gasteiger partial charge on any atom is -0.368 e. The third-order valence-electron chi connectivity index (χ3n) is 3.79. The Bertz CT molecular complexity index is 777. The molecular weight excluding hydrogens is 333 g/mol. The number of hydrogen-bond acceptors (Lipinski definition) is 6. The van der Waals surface area contributed by atoms with Gasteiger partial charge in [0.15, 0.2) is 10.8 Å². The molecular formula is C11H15ClN5O4P. The van der Waals surface area contributed by atoms with Crippen LogP contribution in [0.1, 0.15) is 13.3 Å². The summed E-state index contributed by atoms with van der Waals surface area (Å²) in [7, 11) is -4.22. The number of ether oxygens (including phenoxy) is 1. The highest BCUT2D eigenvalue weighted by Gasteiger charge is 2.53. The van der Waals surface area contributed by atoms with E-state index in [4.69, 9.17) is 31.9 Å². The molecule has 0 radical (unpaired) electrons. The second-order valence-electron chi connectivity index (χ2n) is 5.53. The molecule has 2 atom stereocenters. The molecule has 0 aromatic carbocycles. The summed E-state index contributed by atoms with van der Waals surface area (Å²) < 4.78 is 18.2. The van der Waals surface area contributed by atoms with Crippen molar-refractivity contribution in [2.75, 3.05) is 12.1 Å². The quantitative estimate of drug-likeness (QED) is 0.538. The van der Waals surface area contributed by atoms with Crippen LogP contribution in [0.25, 0.3) is 11.2 Å². The Morgan fingerprint density at radius 2 is 2.27 bits per heavy atom. The number of imidazole rings is 1. The average Bonchev–Trinajstić information content (AvgIpc) is 2.83. The summed E-state index contributed by atoms with van der Waals surface area (Å²) in [5.74, 6) is 0.208. The summed E-state index contributed by atoms with van der Waals surface area (Å²) in [6.45, 7) is 2.31. The van der Waals surface area contributed by atoms with Crippen LogP contribution in [-0.4, -0.2) is 41.3 Å². The summed E-state index contributed by atoms with van der Waals surface area (Å²) in [5, 5.41) is 0.162. The predicted molar refractivity (Wildman–Crippen MR) is 79.3 cm³/mol. The number of hydrogen-bond donors (Lipinski definition) is 3. The van der Waals surface area contributed by atoms with Gasteiger partial charge in [0.25, 0.3) is 0 Å². The lowest BCUT2D eigenvalue weighted by Gasteiger charge is -2.19. The number of aromatic nitrogens is 4. The number of nitrogens with zero attached hydrogens (tertiary/aromatic N) is 4. The number of nitrogen functional groups attached to an aromatic ring is 1. The van der Waals surface area contributed by atoms with E-state index in [2.05, 4.69) is 15.0 Å². The van der Waals surface area contributed by atoms with Gasteiger partial charge in [0, 0.05) is 0 Å². The number of fused-ring (bicyclic) bond motifs is 1. The lowest BCUT2D eigenvalue weighted by atomic mass is 10.2. The standard InChI is InChI=1S/C11H15ClN5O4P/c1-6-2-11(6,21-5-22(18,19)20)3-17-4-14-7-8(12)15-10(13)16-9(7)17/h4,6H,2-3,5H2,1H3,(H2,13,15,16)(H2,18,19,20). The van der Waals surface area contributed by atoms with E-state index >= 15 is 0 Å². The van der Waals surface area contributed by atoms with Crippen LogP contribution in [0, 0.1) is 5.92 Å². The number of anilines is 1. The van der Waals surface area contributed by atoms with E-state index < -0.39 is 19.5 Å². The summed E-state index contributed by atoms with van der Waals surface area (Å²) >= 11 is 5.97. The molecule has 11 heteroatoms. The van der Waals surface area contributed by atoms with Crippen molar-refractivity contribution in [2.45, 2.75) is 25.5 Å². The molecule has 1 fully saturated rings. The van der Waals surface area contributed by atoms with Crippen LogP contribution < -0.4 is 5.73 Å². The third kappa shape index (κ3) is 2.95. The Kier molecular flexibility index (Phi) is 3.65. The monoisotopic (exact) mass is 347 g/mol. The molecule has 3 rings (SSSR count). The van der Waals surface area contributed by atoms with Crippen molar-refractivity contribution in [1.29, 1.82) is 0 Å². The molecule has 0 spiro atoms. The molecule has 1 aliphatic rings. The van der Waals surface area contributed by atoms with E-state index in [9.17, 15) is 4.57 Å². The summed E-state index contributed by atoms with van der Waals surface area (Å²) in [5.41, 5.74) is 5.85. The molecule has 4 N–H and O–H groups in total. The van der Waals surface area contributed by atoms with Gasteiger partial charge in [-0.15, -0.1) is 0 Å². The zero-order valence-corrected chi connectivity index (χ0v) is 13.3. The lowest BCUT2D eigenvalue weighted by molar-refractivity contribution is 0.0306. The first-order chi connectivity index (χ1) is 10.2. The fourth-order valence-electron chi connectivity index (χ4n) is 2.47. The van der Waals surface area contributed by atoms with Crippen molar-refractivity contribution in [3.8, 4) is 0 Å². The predicted octanol–water partition coefficient (Wildman–Crippen LogP) is 0.992. The summed E-state index contributed by atoms with van der Waals surface area (Å²) in [6, 6.07) is 0. The van der Waals surface area contributed by atoms with Crippen molar-refractivity contribution in [2.24, 2.45) is 5.92 Å². The molecule has 1 saturated carbocycles. The first-order valence-electron chi connectivity index (χ1n) is 6.52. The Morgan fingerprint density at radius 1 is 1.59 bits per heavy atom. The molecule has 120 valence electrons. The summed E-state index contributed by atoms with van der Waals surface area (Å²) in [6.07, 6.45) is 1.63. The smallest absolute Gasteiger partial charge is 0.351 e. The van der Waals surface area contributed by atoms with Gasteiger partial charge in [-0.25, -0.2) is 4.98 Å². The van der Waals surface area contributed by atoms with Gasteiger partial charge in [-0.2, -0.15) is 9.97 Å². The van der Waals surface area contributed by atoms with Gasteiger partial charge in [-0.3, -0.25) is 4.57 Å². The number of rotatable bonds is 5. The molecule has 22 heavy (non-hydrogen) atoms. The second-order valence-corrected chi connectivity index (χ2v) is 7.47. The van der Waals surface area contributed by atoms with Crippen molar-refractivity contribution < 1.29 is 19.1 Å². The Labute approximate surface area is 130 Å². The zero-order chi connectivity index (χ0) is 16.1. The van der Waals surface area contributed by atoms with E-state index in [1.807, 2.05) is 6.92 Å². The van der Waals surface area contributed by atoms with Crippen LogP contribution in [0.2, 0.25) is 5.15 Å². The molecule has 0 amide bonds. The lowest BCUT2D eigenvalue weighted by Crippen LogP contribution is -2.24. The van der Waals surface area contributed by atoms with Crippen LogP contribution >= 0.6 is 19.2 Å². The molecule has 2 heterocycles. The summed E-state index contributed by atoms with van der Waals surface area (Å²) in [4.78, 5) is 30.1. The molecule has 0 saturated heterocycles. The number of nitrogens with two attached hydrogens (primary N) is 1. The van der Waals surface area contributed by atoms with E-state index in [-0.39, 0.29) is 17.0 Å². The van der Waals surface area contributed by atoms with Gasteiger partial charge in [0.2, 0.25) is 5.95 Å². The highest BCUT2D eigenvalue weighted by Crippen LogP contribution is 2.50. The van der Waals surface area contributed by atoms with Crippen molar-refractivity contribution in [3.63, 3.8) is 0 Å². The van der Waals surface area contributed by atoms with Crippen molar-refractivity contribution >= 4 is 36.3 Å². The van der Waals surface area contributed by atoms with Crippen LogP contribution in [0.3, 0.4) is 0 Å². The molecule has 1 aliphatic carbocycles. The van der Waals surface area contributed by atoms with Crippen molar-refractivity contribution in [3.05, 3.63) is 11.5 Å². The minimum atomic E-state index is -4.22. The molecule has 0 bridgehead atoms. The first kappa shape index (κ1) is 15.6. The van der Waals surface area contributed by atoms with Crippen LogP contribution in [-0.2, 0) is 15.8 Å². The van der Waals surface area contributed by atoms with Gasteiger partial charge in [-0.05, 0) is 12.3 Å². The highest BCUT2D eigenvalue weighted by molar-refractivity contribution is 7.51. The normalized spacial score (nSPS) is 24.8.